The number of hydrogen-bond donors (Lipinski definition) is 0. The van der Waals surface area contributed by atoms with Crippen LogP contribution in [0.15, 0.2) is 12.2 Å². The minimum absolute atomic E-state index is 0.827. The molecule has 0 aliphatic carbocycles. The number of ether oxygens (including phenoxy) is 1. The first-order valence-corrected chi connectivity index (χ1v) is 13.4. The summed E-state index contributed by atoms with van der Waals surface area (Å²) in [6.07, 6.45) is 29.4. The topological polar surface area (TPSA) is 9.23 Å². The quantitative estimate of drug-likeness (QED) is 0.121. The van der Waals surface area contributed by atoms with Crippen molar-refractivity contribution in [2.75, 3.05) is 13.2 Å². The van der Waals surface area contributed by atoms with Crippen LogP contribution < -0.4 is 0 Å². The van der Waals surface area contributed by atoms with E-state index in [1.807, 2.05) is 0 Å². The monoisotopic (exact) mass is 408 g/mol. The summed E-state index contributed by atoms with van der Waals surface area (Å²) in [4.78, 5) is 0. The average molecular weight is 409 g/mol. The van der Waals surface area contributed by atoms with E-state index in [0.29, 0.717) is 0 Å². The molecule has 1 heteroatoms. The molecule has 1 unspecified atom stereocenters. The highest BCUT2D eigenvalue weighted by Crippen LogP contribution is 2.15. The van der Waals surface area contributed by atoms with Crippen LogP contribution in [0.5, 0.6) is 0 Å². The van der Waals surface area contributed by atoms with E-state index in [1.165, 1.54) is 116 Å². The number of hydrogen-bond acceptors (Lipinski definition) is 1. The van der Waals surface area contributed by atoms with E-state index in [-0.39, 0.29) is 0 Å². The van der Waals surface area contributed by atoms with Crippen molar-refractivity contribution in [3.8, 4) is 0 Å². The van der Waals surface area contributed by atoms with Crippen LogP contribution in [0.25, 0.3) is 0 Å². The Morgan fingerprint density at radius 1 is 0.552 bits per heavy atom. The predicted molar refractivity (Wildman–Crippen MR) is 133 cm³/mol. The normalized spacial score (nSPS) is 13.0. The maximum Gasteiger partial charge on any atom is 0.0468 e. The Kier molecular flexibility index (Phi) is 23.7. The molecule has 0 rings (SSSR count). The summed E-state index contributed by atoms with van der Waals surface area (Å²) in [7, 11) is 0. The van der Waals surface area contributed by atoms with Gasteiger partial charge < -0.3 is 4.74 Å². The summed E-state index contributed by atoms with van der Waals surface area (Å²) >= 11 is 0. The zero-order chi connectivity index (χ0) is 21.4. The lowest BCUT2D eigenvalue weighted by atomic mass is 9.98. The van der Waals surface area contributed by atoms with Gasteiger partial charge in [0.25, 0.3) is 0 Å². The van der Waals surface area contributed by atoms with Crippen LogP contribution in [0, 0.1) is 11.8 Å². The number of allylic oxidation sites excluding steroid dienone is 2. The van der Waals surface area contributed by atoms with Gasteiger partial charge in [0, 0.05) is 13.2 Å². The van der Waals surface area contributed by atoms with Crippen molar-refractivity contribution in [1.82, 2.24) is 0 Å². The average Bonchev–Trinajstić information content (AvgIpc) is 2.69. The molecule has 29 heavy (non-hydrogen) atoms. The highest BCUT2D eigenvalue weighted by molar-refractivity contribution is 4.81. The molecule has 0 aromatic rings. The van der Waals surface area contributed by atoms with Crippen LogP contribution in [0.2, 0.25) is 0 Å². The van der Waals surface area contributed by atoms with Crippen LogP contribution >= 0.6 is 0 Å². The van der Waals surface area contributed by atoms with Crippen LogP contribution in [-0.4, -0.2) is 13.2 Å². The maximum atomic E-state index is 5.84. The van der Waals surface area contributed by atoms with Crippen molar-refractivity contribution in [3.63, 3.8) is 0 Å². The van der Waals surface area contributed by atoms with Gasteiger partial charge in [-0.3, -0.25) is 0 Å². The van der Waals surface area contributed by atoms with Gasteiger partial charge in [0.05, 0.1) is 0 Å². The van der Waals surface area contributed by atoms with E-state index in [0.717, 1.165) is 25.0 Å². The third kappa shape index (κ3) is 25.7. The number of unbranched alkanes of at least 4 members (excludes halogenated alkanes) is 12. The third-order valence-corrected chi connectivity index (χ3v) is 6.03. The molecule has 0 radical (unpaired) electrons. The third-order valence-electron chi connectivity index (χ3n) is 6.03. The first kappa shape index (κ1) is 28.7. The van der Waals surface area contributed by atoms with Crippen molar-refractivity contribution in [2.45, 2.75) is 143 Å². The van der Waals surface area contributed by atoms with E-state index in [4.69, 9.17) is 4.74 Å². The molecule has 0 amide bonds. The molecular formula is C28H56O. The molecule has 1 nitrogen and oxygen atoms in total. The molecule has 0 spiro atoms. The molecule has 0 fully saturated rings. The van der Waals surface area contributed by atoms with Gasteiger partial charge in [-0.2, -0.15) is 0 Å². The van der Waals surface area contributed by atoms with E-state index in [2.05, 4.69) is 39.8 Å². The standard InChI is InChI=1S/C28H56O/c1-5-6-7-8-9-10-11-12-13-14-15-16-17-18-19-20-25-29-26-24-28(4)23-21-22-27(2)3/h12-13,27-28H,5-11,14-26H2,1-4H3/b13-12+. The van der Waals surface area contributed by atoms with Crippen molar-refractivity contribution < 1.29 is 4.74 Å². The van der Waals surface area contributed by atoms with Gasteiger partial charge in [-0.1, -0.05) is 117 Å². The number of rotatable bonds is 23. The lowest BCUT2D eigenvalue weighted by Gasteiger charge is -2.12. The first-order valence-electron chi connectivity index (χ1n) is 13.4. The molecule has 0 bridgehead atoms. The Bertz CT molecular complexity index is 320. The fourth-order valence-electron chi connectivity index (χ4n) is 3.86. The van der Waals surface area contributed by atoms with E-state index >= 15 is 0 Å². The Labute approximate surface area is 185 Å². The van der Waals surface area contributed by atoms with Gasteiger partial charge in [-0.15, -0.1) is 0 Å². The van der Waals surface area contributed by atoms with Crippen LogP contribution in [0.3, 0.4) is 0 Å². The predicted octanol–water partition coefficient (Wildman–Crippen LogP) is 9.89. The van der Waals surface area contributed by atoms with E-state index in [1.54, 1.807) is 0 Å². The fourth-order valence-corrected chi connectivity index (χ4v) is 3.86. The van der Waals surface area contributed by atoms with Gasteiger partial charge in [0.2, 0.25) is 0 Å². The van der Waals surface area contributed by atoms with E-state index in [9.17, 15) is 0 Å². The lowest BCUT2D eigenvalue weighted by molar-refractivity contribution is 0.116. The second-order valence-electron chi connectivity index (χ2n) is 9.77. The van der Waals surface area contributed by atoms with Crippen LogP contribution in [0.1, 0.15) is 143 Å². The summed E-state index contributed by atoms with van der Waals surface area (Å²) < 4.78 is 5.84. The minimum atomic E-state index is 0.827. The fraction of sp³-hybridized carbons (Fsp3) is 0.929. The molecule has 0 saturated carbocycles. The van der Waals surface area contributed by atoms with Crippen molar-refractivity contribution in [3.05, 3.63) is 12.2 Å². The van der Waals surface area contributed by atoms with Crippen LogP contribution in [-0.2, 0) is 4.74 Å². The highest BCUT2D eigenvalue weighted by Gasteiger charge is 2.03. The second-order valence-corrected chi connectivity index (χ2v) is 9.77. The molecule has 0 aliphatic heterocycles. The molecule has 0 saturated heterocycles. The van der Waals surface area contributed by atoms with Crippen molar-refractivity contribution >= 4 is 0 Å². The molecule has 0 heterocycles. The Morgan fingerprint density at radius 2 is 1.10 bits per heavy atom. The van der Waals surface area contributed by atoms with Crippen LogP contribution in [0.4, 0.5) is 0 Å². The molecule has 0 aromatic heterocycles. The largest absolute Gasteiger partial charge is 0.381 e. The SMILES string of the molecule is CCCCCCCC/C=C/CCCCCCCCOCCC(C)CCCC(C)C. The Hall–Kier alpha value is -0.300. The molecule has 0 aliphatic rings. The summed E-state index contributed by atoms with van der Waals surface area (Å²) in [5.41, 5.74) is 0. The second kappa shape index (κ2) is 24.0. The van der Waals surface area contributed by atoms with Gasteiger partial charge >= 0.3 is 0 Å². The zero-order valence-corrected chi connectivity index (χ0v) is 20.9. The zero-order valence-electron chi connectivity index (χ0n) is 20.9. The van der Waals surface area contributed by atoms with E-state index < -0.39 is 0 Å². The smallest absolute Gasteiger partial charge is 0.0468 e. The molecule has 0 aromatic carbocycles. The van der Waals surface area contributed by atoms with Crippen molar-refractivity contribution in [1.29, 1.82) is 0 Å². The first-order chi connectivity index (χ1) is 14.2. The molecule has 174 valence electrons. The summed E-state index contributed by atoms with van der Waals surface area (Å²) in [5.74, 6) is 1.68. The molecule has 1 atom stereocenters. The molecule has 0 N–H and O–H groups in total. The highest BCUT2D eigenvalue weighted by atomic mass is 16.5. The Morgan fingerprint density at radius 3 is 1.69 bits per heavy atom. The van der Waals surface area contributed by atoms with Gasteiger partial charge in [-0.05, 0) is 50.4 Å². The van der Waals surface area contributed by atoms with Crippen molar-refractivity contribution in [2.24, 2.45) is 11.8 Å². The summed E-state index contributed by atoms with van der Waals surface area (Å²) in [5, 5.41) is 0. The summed E-state index contributed by atoms with van der Waals surface area (Å²) in [6.45, 7) is 11.3. The molecular weight excluding hydrogens is 352 g/mol. The maximum absolute atomic E-state index is 5.84. The Balaban J connectivity index is 3.15. The minimum Gasteiger partial charge on any atom is -0.381 e. The van der Waals surface area contributed by atoms with Gasteiger partial charge in [-0.25, -0.2) is 0 Å². The lowest BCUT2D eigenvalue weighted by Crippen LogP contribution is -2.04. The summed E-state index contributed by atoms with van der Waals surface area (Å²) in [6, 6.07) is 0. The van der Waals surface area contributed by atoms with Gasteiger partial charge in [0.15, 0.2) is 0 Å². The van der Waals surface area contributed by atoms with Gasteiger partial charge in [0.1, 0.15) is 0 Å².